The molecule has 2 aromatic rings. The van der Waals surface area contributed by atoms with Crippen LogP contribution in [0.15, 0.2) is 36.7 Å². The van der Waals surface area contributed by atoms with Gasteiger partial charge in [-0.05, 0) is 50.8 Å². The summed E-state index contributed by atoms with van der Waals surface area (Å²) in [6.45, 7) is 6.39. The van der Waals surface area contributed by atoms with Crippen molar-refractivity contribution in [2.24, 2.45) is 5.92 Å². The molecular formula is C23H29N5O4. The van der Waals surface area contributed by atoms with Crippen molar-refractivity contribution < 1.29 is 19.1 Å². The maximum absolute atomic E-state index is 12.5. The van der Waals surface area contributed by atoms with Gasteiger partial charge >= 0.3 is 5.97 Å². The summed E-state index contributed by atoms with van der Waals surface area (Å²) in [4.78, 5) is 47.5. The van der Waals surface area contributed by atoms with Crippen molar-refractivity contribution in [3.63, 3.8) is 0 Å². The van der Waals surface area contributed by atoms with Crippen molar-refractivity contribution in [1.29, 1.82) is 0 Å². The number of benzene rings is 1. The van der Waals surface area contributed by atoms with Gasteiger partial charge in [-0.2, -0.15) is 0 Å². The maximum atomic E-state index is 12.5. The topological polar surface area (TPSA) is 114 Å². The summed E-state index contributed by atoms with van der Waals surface area (Å²) in [5.74, 6) is -0.889. The van der Waals surface area contributed by atoms with Gasteiger partial charge in [0.05, 0.1) is 12.5 Å². The molecule has 2 amide bonds. The second kappa shape index (κ2) is 10.7. The van der Waals surface area contributed by atoms with Gasteiger partial charge in [-0.1, -0.05) is 18.2 Å². The van der Waals surface area contributed by atoms with E-state index in [9.17, 15) is 14.4 Å². The molecule has 1 fully saturated rings. The molecule has 0 bridgehead atoms. The van der Waals surface area contributed by atoms with Crippen LogP contribution in [0, 0.1) is 19.8 Å². The number of carbonyl (C=O) groups is 3. The molecule has 1 aromatic carbocycles. The van der Waals surface area contributed by atoms with Gasteiger partial charge in [-0.15, -0.1) is 0 Å². The Balaban J connectivity index is 1.41. The molecule has 9 heteroatoms. The number of amides is 2. The molecule has 170 valence electrons. The van der Waals surface area contributed by atoms with Crippen molar-refractivity contribution in [2.45, 2.75) is 39.7 Å². The number of para-hydroxylation sites is 1. The van der Waals surface area contributed by atoms with Gasteiger partial charge in [0.2, 0.25) is 11.9 Å². The van der Waals surface area contributed by atoms with Crippen LogP contribution in [-0.4, -0.2) is 53.5 Å². The number of rotatable bonds is 7. The minimum Gasteiger partial charge on any atom is -0.452 e. The van der Waals surface area contributed by atoms with Crippen LogP contribution < -0.4 is 15.5 Å². The van der Waals surface area contributed by atoms with Gasteiger partial charge < -0.3 is 20.3 Å². The summed E-state index contributed by atoms with van der Waals surface area (Å²) in [5.41, 5.74) is 2.62. The van der Waals surface area contributed by atoms with E-state index in [0.29, 0.717) is 31.9 Å². The molecule has 1 unspecified atom stereocenters. The molecule has 0 spiro atoms. The Morgan fingerprint density at radius 1 is 1.09 bits per heavy atom. The van der Waals surface area contributed by atoms with Gasteiger partial charge in [0.25, 0.3) is 5.91 Å². The average Bonchev–Trinajstić information content (AvgIpc) is 2.80. The summed E-state index contributed by atoms with van der Waals surface area (Å²) in [5, 5.41) is 5.33. The molecule has 9 nitrogen and oxygen atoms in total. The number of ether oxygens (including phenoxy) is 1. The van der Waals surface area contributed by atoms with Gasteiger partial charge in [0.1, 0.15) is 0 Å². The summed E-state index contributed by atoms with van der Waals surface area (Å²) < 4.78 is 5.35. The molecule has 2 heterocycles. The average molecular weight is 440 g/mol. The number of aryl methyl sites for hydroxylation is 2. The number of nitrogens with one attached hydrogen (secondary N) is 2. The predicted octanol–water partition coefficient (Wildman–Crippen LogP) is 2.00. The number of nitrogens with zero attached hydrogens (tertiary/aromatic N) is 3. The van der Waals surface area contributed by atoms with Crippen LogP contribution >= 0.6 is 0 Å². The first-order valence-electron chi connectivity index (χ1n) is 10.7. The molecule has 1 atom stereocenters. The van der Waals surface area contributed by atoms with Crippen LogP contribution in [0.1, 0.15) is 30.9 Å². The summed E-state index contributed by atoms with van der Waals surface area (Å²) in [6.07, 6.45) is 3.59. The minimum atomic E-state index is -0.981. The van der Waals surface area contributed by atoms with Gasteiger partial charge in [-0.3, -0.25) is 14.4 Å². The normalized spacial score (nSPS) is 15.0. The molecule has 2 N–H and O–H groups in total. The molecule has 32 heavy (non-hydrogen) atoms. The van der Waals surface area contributed by atoms with E-state index in [1.807, 2.05) is 36.9 Å². The Labute approximate surface area is 187 Å². The van der Waals surface area contributed by atoms with E-state index in [4.69, 9.17) is 4.74 Å². The predicted molar refractivity (Wildman–Crippen MR) is 120 cm³/mol. The third-order valence-corrected chi connectivity index (χ3v) is 5.49. The van der Waals surface area contributed by atoms with E-state index in [1.54, 1.807) is 18.5 Å². The molecular weight excluding hydrogens is 410 g/mol. The lowest BCUT2D eigenvalue weighted by atomic mass is 9.97. The van der Waals surface area contributed by atoms with Crippen LogP contribution in [-0.2, 0) is 19.1 Å². The van der Waals surface area contributed by atoms with Crippen LogP contribution in [0.5, 0.6) is 0 Å². The van der Waals surface area contributed by atoms with Crippen molar-refractivity contribution in [3.05, 3.63) is 47.8 Å². The Morgan fingerprint density at radius 3 is 2.34 bits per heavy atom. The summed E-state index contributed by atoms with van der Waals surface area (Å²) in [6, 6.07) is 7.48. The first-order chi connectivity index (χ1) is 15.3. The molecule has 0 aliphatic carbocycles. The fourth-order valence-electron chi connectivity index (χ4n) is 3.60. The van der Waals surface area contributed by atoms with Crippen molar-refractivity contribution in [1.82, 2.24) is 15.3 Å². The number of hydrogen-bond acceptors (Lipinski definition) is 7. The quantitative estimate of drug-likeness (QED) is 0.634. The number of esters is 1. The number of carbonyl (C=O) groups excluding carboxylic acids is 3. The summed E-state index contributed by atoms with van der Waals surface area (Å²) in [7, 11) is 0. The zero-order valence-electron chi connectivity index (χ0n) is 18.6. The molecule has 3 rings (SSSR count). The highest BCUT2D eigenvalue weighted by Crippen LogP contribution is 2.22. The lowest BCUT2D eigenvalue weighted by molar-refractivity contribution is -0.159. The fourth-order valence-corrected chi connectivity index (χ4v) is 3.60. The van der Waals surface area contributed by atoms with Crippen LogP contribution in [0.3, 0.4) is 0 Å². The zero-order valence-corrected chi connectivity index (χ0v) is 18.6. The van der Waals surface area contributed by atoms with E-state index in [2.05, 4.69) is 20.6 Å². The first-order valence-corrected chi connectivity index (χ1v) is 10.7. The third-order valence-electron chi connectivity index (χ3n) is 5.49. The molecule has 1 aromatic heterocycles. The van der Waals surface area contributed by atoms with Crippen LogP contribution in [0.25, 0.3) is 0 Å². The number of aromatic nitrogens is 2. The van der Waals surface area contributed by atoms with Gasteiger partial charge in [-0.25, -0.2) is 9.97 Å². The van der Waals surface area contributed by atoms with Crippen molar-refractivity contribution in [3.8, 4) is 0 Å². The smallest absolute Gasteiger partial charge is 0.309 e. The second-order valence-electron chi connectivity index (χ2n) is 7.92. The molecule has 1 aliphatic rings. The minimum absolute atomic E-state index is 0.204. The fraction of sp³-hybridized carbons (Fsp3) is 0.435. The molecule has 1 aliphatic heterocycles. The monoisotopic (exact) mass is 439 g/mol. The molecule has 0 saturated carbocycles. The van der Waals surface area contributed by atoms with E-state index < -0.39 is 18.0 Å². The number of anilines is 2. The zero-order chi connectivity index (χ0) is 23.1. The van der Waals surface area contributed by atoms with Crippen molar-refractivity contribution in [2.75, 3.05) is 29.9 Å². The highest BCUT2D eigenvalue weighted by atomic mass is 16.5. The third kappa shape index (κ3) is 6.03. The highest BCUT2D eigenvalue weighted by molar-refractivity contribution is 5.96. The van der Waals surface area contributed by atoms with E-state index >= 15 is 0 Å². The Morgan fingerprint density at radius 2 is 1.72 bits per heavy atom. The Kier molecular flexibility index (Phi) is 7.75. The van der Waals surface area contributed by atoms with E-state index in [-0.39, 0.29) is 18.4 Å². The number of piperidine rings is 1. The van der Waals surface area contributed by atoms with Crippen LogP contribution in [0.4, 0.5) is 11.6 Å². The SMILES string of the molecule is Cc1cccc(C)c1NC(=O)CNC(=O)C(C)OC(=O)C1CCN(c2ncccn2)CC1. The first kappa shape index (κ1) is 23.2. The number of hydrogen-bond donors (Lipinski definition) is 2. The maximum Gasteiger partial charge on any atom is 0.309 e. The van der Waals surface area contributed by atoms with E-state index in [1.165, 1.54) is 6.92 Å². The van der Waals surface area contributed by atoms with E-state index in [0.717, 1.165) is 16.8 Å². The van der Waals surface area contributed by atoms with Gasteiger partial charge in [0.15, 0.2) is 6.10 Å². The van der Waals surface area contributed by atoms with Crippen molar-refractivity contribution >= 4 is 29.4 Å². The Bertz CT molecular complexity index is 938. The molecule has 1 saturated heterocycles. The second-order valence-corrected chi connectivity index (χ2v) is 7.92. The van der Waals surface area contributed by atoms with Crippen LogP contribution in [0.2, 0.25) is 0 Å². The highest BCUT2D eigenvalue weighted by Gasteiger charge is 2.29. The largest absolute Gasteiger partial charge is 0.452 e. The standard InChI is InChI=1S/C23H29N5O4/c1-15-6-4-7-16(2)20(15)27-19(29)14-26-21(30)17(3)32-22(31)18-8-12-28(13-9-18)23-24-10-5-11-25-23/h4-7,10-11,17-18H,8-9,12-14H2,1-3H3,(H,26,30)(H,27,29). The van der Waals surface area contributed by atoms with Gasteiger partial charge in [0, 0.05) is 31.2 Å². The summed E-state index contributed by atoms with van der Waals surface area (Å²) >= 11 is 0. The lowest BCUT2D eigenvalue weighted by Gasteiger charge is -2.31. The lowest BCUT2D eigenvalue weighted by Crippen LogP contribution is -2.42. The Hall–Kier alpha value is -3.49. The molecule has 0 radical (unpaired) electrons.